The number of nitriles is 1. The summed E-state index contributed by atoms with van der Waals surface area (Å²) in [6.45, 7) is 2.52. The molecule has 0 unspecified atom stereocenters. The van der Waals surface area contributed by atoms with Crippen molar-refractivity contribution in [1.29, 1.82) is 5.26 Å². The highest BCUT2D eigenvalue weighted by Crippen LogP contribution is 2.32. The minimum atomic E-state index is -0.320. The third kappa shape index (κ3) is 2.68. The van der Waals surface area contributed by atoms with E-state index in [-0.39, 0.29) is 12.1 Å². The van der Waals surface area contributed by atoms with Gasteiger partial charge in [-0.15, -0.1) is 11.3 Å². The maximum atomic E-state index is 11.9. The predicted molar refractivity (Wildman–Crippen MR) is 84.8 cm³/mol. The molecule has 1 saturated heterocycles. The van der Waals surface area contributed by atoms with Crippen molar-refractivity contribution in [2.45, 2.75) is 25.8 Å². The van der Waals surface area contributed by atoms with Crippen LogP contribution in [0.1, 0.15) is 25.3 Å². The summed E-state index contributed by atoms with van der Waals surface area (Å²) < 4.78 is 5.15. The number of anilines is 1. The quantitative estimate of drug-likeness (QED) is 0.861. The number of hydrogen-bond acceptors (Lipinski definition) is 5. The summed E-state index contributed by atoms with van der Waals surface area (Å²) in [6.07, 6.45) is 1.57. The van der Waals surface area contributed by atoms with Gasteiger partial charge in [0.2, 0.25) is 0 Å². The van der Waals surface area contributed by atoms with Crippen LogP contribution in [0.5, 0.6) is 0 Å². The van der Waals surface area contributed by atoms with Crippen LogP contribution >= 0.6 is 11.3 Å². The molecule has 1 aromatic heterocycles. The lowest BCUT2D eigenvalue weighted by Gasteiger charge is -2.17. The fourth-order valence-electron chi connectivity index (χ4n) is 2.46. The molecule has 5 nitrogen and oxygen atoms in total. The lowest BCUT2D eigenvalue weighted by atomic mass is 10.1. The molecule has 0 aliphatic carbocycles. The van der Waals surface area contributed by atoms with Crippen molar-refractivity contribution in [1.82, 2.24) is 4.98 Å². The Kier molecular flexibility index (Phi) is 4.07. The Morgan fingerprint density at radius 2 is 2.23 bits per heavy atom. The summed E-state index contributed by atoms with van der Waals surface area (Å²) in [4.78, 5) is 18.1. The van der Waals surface area contributed by atoms with Gasteiger partial charge in [-0.1, -0.05) is 25.5 Å². The van der Waals surface area contributed by atoms with Gasteiger partial charge in [-0.05, 0) is 18.6 Å². The van der Waals surface area contributed by atoms with Crippen molar-refractivity contribution in [3.05, 3.63) is 35.2 Å². The molecule has 3 rings (SSSR count). The van der Waals surface area contributed by atoms with E-state index < -0.39 is 0 Å². The van der Waals surface area contributed by atoms with Crippen molar-refractivity contribution >= 4 is 22.6 Å². The number of amides is 1. The van der Waals surface area contributed by atoms with Crippen LogP contribution in [-0.2, 0) is 4.74 Å². The predicted octanol–water partition coefficient (Wildman–Crippen LogP) is 3.81. The van der Waals surface area contributed by atoms with Crippen LogP contribution in [-0.4, -0.2) is 23.7 Å². The normalized spacial score (nSPS) is 17.4. The molecule has 0 bridgehead atoms. The van der Waals surface area contributed by atoms with Crippen LogP contribution in [0.25, 0.3) is 11.3 Å². The van der Waals surface area contributed by atoms with E-state index in [0.717, 1.165) is 24.1 Å². The number of aromatic nitrogens is 1. The third-order valence-corrected chi connectivity index (χ3v) is 4.43. The average Bonchev–Trinajstić information content (AvgIpc) is 3.15. The molecule has 0 N–H and O–H groups in total. The fourth-order valence-corrected chi connectivity index (χ4v) is 3.36. The van der Waals surface area contributed by atoms with E-state index in [1.54, 1.807) is 17.0 Å². The van der Waals surface area contributed by atoms with Gasteiger partial charge < -0.3 is 4.74 Å². The van der Waals surface area contributed by atoms with E-state index in [9.17, 15) is 4.79 Å². The molecule has 1 aromatic carbocycles. The molecule has 1 atom stereocenters. The molecule has 2 aromatic rings. The molecule has 1 amide bonds. The number of hydrogen-bond donors (Lipinski definition) is 0. The molecule has 1 fully saturated rings. The van der Waals surface area contributed by atoms with Crippen molar-refractivity contribution in [2.24, 2.45) is 0 Å². The zero-order chi connectivity index (χ0) is 15.5. The zero-order valence-electron chi connectivity index (χ0n) is 12.2. The fraction of sp³-hybridized carbons (Fsp3) is 0.312. The van der Waals surface area contributed by atoms with Crippen LogP contribution in [0.15, 0.2) is 29.6 Å². The van der Waals surface area contributed by atoms with Crippen molar-refractivity contribution in [3.63, 3.8) is 0 Å². The second kappa shape index (κ2) is 6.16. The Balaban J connectivity index is 1.86. The first-order valence-corrected chi connectivity index (χ1v) is 8.03. The number of benzene rings is 1. The molecule has 0 spiro atoms. The van der Waals surface area contributed by atoms with Gasteiger partial charge in [0.05, 0.1) is 23.4 Å². The summed E-state index contributed by atoms with van der Waals surface area (Å²) in [5, 5.41) is 11.4. The molecule has 0 saturated carbocycles. The average molecular weight is 313 g/mol. The van der Waals surface area contributed by atoms with Gasteiger partial charge in [0.15, 0.2) is 5.13 Å². The first-order valence-electron chi connectivity index (χ1n) is 7.15. The zero-order valence-corrected chi connectivity index (χ0v) is 13.0. The van der Waals surface area contributed by atoms with E-state index in [4.69, 9.17) is 10.00 Å². The van der Waals surface area contributed by atoms with Crippen molar-refractivity contribution in [3.8, 4) is 17.3 Å². The SMILES string of the molecule is CCC[C@H]1COC(=O)N1c1nc(-c2ccc(C#N)cc2)cs1. The van der Waals surface area contributed by atoms with Gasteiger partial charge in [-0.3, -0.25) is 0 Å². The monoisotopic (exact) mass is 313 g/mol. The first kappa shape index (κ1) is 14.5. The summed E-state index contributed by atoms with van der Waals surface area (Å²) in [5.41, 5.74) is 2.35. The molecule has 6 heteroatoms. The van der Waals surface area contributed by atoms with E-state index in [2.05, 4.69) is 18.0 Å². The number of rotatable bonds is 4. The maximum absolute atomic E-state index is 11.9. The maximum Gasteiger partial charge on any atom is 0.416 e. The van der Waals surface area contributed by atoms with E-state index in [0.29, 0.717) is 17.3 Å². The number of ether oxygens (including phenoxy) is 1. The van der Waals surface area contributed by atoms with E-state index in [1.807, 2.05) is 17.5 Å². The largest absolute Gasteiger partial charge is 0.447 e. The van der Waals surface area contributed by atoms with E-state index >= 15 is 0 Å². The van der Waals surface area contributed by atoms with Crippen LogP contribution in [0, 0.1) is 11.3 Å². The molecule has 0 radical (unpaired) electrons. The summed E-state index contributed by atoms with van der Waals surface area (Å²) in [6, 6.07) is 9.41. The second-order valence-electron chi connectivity index (χ2n) is 5.09. The van der Waals surface area contributed by atoms with Crippen molar-refractivity contribution in [2.75, 3.05) is 11.5 Å². The topological polar surface area (TPSA) is 66.2 Å². The Morgan fingerprint density at radius 3 is 2.91 bits per heavy atom. The molecule has 112 valence electrons. The smallest absolute Gasteiger partial charge is 0.416 e. The Labute approximate surface area is 132 Å². The van der Waals surface area contributed by atoms with E-state index in [1.165, 1.54) is 11.3 Å². The third-order valence-electron chi connectivity index (χ3n) is 3.59. The lowest BCUT2D eigenvalue weighted by Crippen LogP contribution is -2.33. The Morgan fingerprint density at radius 1 is 1.45 bits per heavy atom. The summed E-state index contributed by atoms with van der Waals surface area (Å²) in [5.74, 6) is 0. The molecule has 22 heavy (non-hydrogen) atoms. The number of thiazole rings is 1. The Hall–Kier alpha value is -2.39. The van der Waals surface area contributed by atoms with Gasteiger partial charge in [0.25, 0.3) is 0 Å². The van der Waals surface area contributed by atoms with Crippen LogP contribution in [0.2, 0.25) is 0 Å². The number of carbonyl (C=O) groups excluding carboxylic acids is 1. The van der Waals surface area contributed by atoms with Crippen LogP contribution in [0.4, 0.5) is 9.93 Å². The van der Waals surface area contributed by atoms with Gasteiger partial charge in [0, 0.05) is 10.9 Å². The lowest BCUT2D eigenvalue weighted by molar-refractivity contribution is 0.178. The highest BCUT2D eigenvalue weighted by atomic mass is 32.1. The van der Waals surface area contributed by atoms with Gasteiger partial charge in [-0.2, -0.15) is 5.26 Å². The number of cyclic esters (lactones) is 1. The summed E-state index contributed by atoms with van der Waals surface area (Å²) in [7, 11) is 0. The molecule has 1 aliphatic heterocycles. The van der Waals surface area contributed by atoms with Crippen LogP contribution in [0.3, 0.4) is 0 Å². The minimum Gasteiger partial charge on any atom is -0.447 e. The van der Waals surface area contributed by atoms with Gasteiger partial charge in [0.1, 0.15) is 6.61 Å². The summed E-state index contributed by atoms with van der Waals surface area (Å²) >= 11 is 1.43. The van der Waals surface area contributed by atoms with Gasteiger partial charge in [-0.25, -0.2) is 14.7 Å². The van der Waals surface area contributed by atoms with Crippen LogP contribution < -0.4 is 4.90 Å². The molecular weight excluding hydrogens is 298 g/mol. The number of nitrogens with zero attached hydrogens (tertiary/aromatic N) is 3. The number of carbonyl (C=O) groups is 1. The Bertz CT molecular complexity index is 718. The first-order chi connectivity index (χ1) is 10.7. The standard InChI is InChI=1S/C16H15N3O2S/c1-2-3-13-9-21-16(20)19(13)15-18-14(10-22-15)12-6-4-11(8-17)5-7-12/h4-7,10,13H,2-3,9H2,1H3/t13-/m0/s1. The highest BCUT2D eigenvalue weighted by Gasteiger charge is 2.35. The van der Waals surface area contributed by atoms with Crippen molar-refractivity contribution < 1.29 is 9.53 Å². The molecular formula is C16H15N3O2S. The second-order valence-corrected chi connectivity index (χ2v) is 5.93. The highest BCUT2D eigenvalue weighted by molar-refractivity contribution is 7.14. The minimum absolute atomic E-state index is 0.0671. The molecule has 2 heterocycles. The molecule has 1 aliphatic rings. The van der Waals surface area contributed by atoms with Gasteiger partial charge >= 0.3 is 6.09 Å².